The van der Waals surface area contributed by atoms with Crippen LogP contribution in [-0.4, -0.2) is 5.91 Å². The third-order valence-corrected chi connectivity index (χ3v) is 3.26. The van der Waals surface area contributed by atoms with E-state index in [0.717, 1.165) is 12.1 Å². The Kier molecular flexibility index (Phi) is 4.74. The van der Waals surface area contributed by atoms with E-state index >= 15 is 0 Å². The van der Waals surface area contributed by atoms with Gasteiger partial charge in [-0.1, -0.05) is 0 Å². The Morgan fingerprint density at radius 3 is 2.44 bits per heavy atom. The lowest BCUT2D eigenvalue weighted by Crippen LogP contribution is -2.11. The maximum Gasteiger partial charge on any atom is 0.291 e. The number of rotatable bonds is 5. The molecule has 0 bridgehead atoms. The number of nitrogens with one attached hydrogen (secondary N) is 1. The highest BCUT2D eigenvalue weighted by atomic mass is 19.2. The van der Waals surface area contributed by atoms with E-state index < -0.39 is 17.5 Å². The number of hydrogen-bond donors (Lipinski definition) is 1. The van der Waals surface area contributed by atoms with E-state index in [1.165, 1.54) is 36.4 Å². The summed E-state index contributed by atoms with van der Waals surface area (Å²) in [5, 5.41) is 2.40. The van der Waals surface area contributed by atoms with Gasteiger partial charge in [-0.25, -0.2) is 13.2 Å². The quantitative estimate of drug-likeness (QED) is 0.738. The molecular weight excluding hydrogens is 335 g/mol. The SMILES string of the molecule is O=C(Nc1ccc(F)c(F)c1)c1ccc(COc2ccc(F)cc2)o1. The van der Waals surface area contributed by atoms with Crippen molar-refractivity contribution < 1.29 is 27.1 Å². The molecule has 2 aromatic carbocycles. The fourth-order valence-corrected chi connectivity index (χ4v) is 2.03. The molecule has 0 aliphatic carbocycles. The molecule has 0 atom stereocenters. The van der Waals surface area contributed by atoms with Gasteiger partial charge >= 0.3 is 0 Å². The lowest BCUT2D eigenvalue weighted by atomic mass is 10.3. The number of benzene rings is 2. The van der Waals surface area contributed by atoms with E-state index in [4.69, 9.17) is 9.15 Å². The first-order valence-corrected chi connectivity index (χ1v) is 7.25. The molecule has 0 unspecified atom stereocenters. The van der Waals surface area contributed by atoms with Crippen LogP contribution in [0.3, 0.4) is 0 Å². The summed E-state index contributed by atoms with van der Waals surface area (Å²) in [5.74, 6) is -2.24. The number of hydrogen-bond acceptors (Lipinski definition) is 3. The molecule has 4 nitrogen and oxygen atoms in total. The molecule has 25 heavy (non-hydrogen) atoms. The Bertz CT molecular complexity index is 891. The largest absolute Gasteiger partial charge is 0.486 e. The minimum Gasteiger partial charge on any atom is -0.486 e. The maximum absolute atomic E-state index is 13.1. The van der Waals surface area contributed by atoms with Gasteiger partial charge in [0.15, 0.2) is 17.4 Å². The second kappa shape index (κ2) is 7.12. The minimum absolute atomic E-state index is 0.0116. The molecule has 0 aliphatic heterocycles. The van der Waals surface area contributed by atoms with Crippen LogP contribution in [-0.2, 0) is 6.61 Å². The van der Waals surface area contributed by atoms with Gasteiger partial charge in [-0.15, -0.1) is 0 Å². The second-order valence-electron chi connectivity index (χ2n) is 5.09. The van der Waals surface area contributed by atoms with E-state index in [1.807, 2.05) is 0 Å². The number of anilines is 1. The van der Waals surface area contributed by atoms with Crippen molar-refractivity contribution in [3.63, 3.8) is 0 Å². The molecule has 0 radical (unpaired) electrons. The van der Waals surface area contributed by atoms with E-state index in [9.17, 15) is 18.0 Å². The van der Waals surface area contributed by atoms with Crippen molar-refractivity contribution in [3.8, 4) is 5.75 Å². The molecule has 1 heterocycles. The molecule has 0 fully saturated rings. The van der Waals surface area contributed by atoms with Gasteiger partial charge in [0.2, 0.25) is 0 Å². The van der Waals surface area contributed by atoms with Gasteiger partial charge in [0.1, 0.15) is 23.9 Å². The molecule has 0 spiro atoms. The van der Waals surface area contributed by atoms with Crippen LogP contribution in [0.4, 0.5) is 18.9 Å². The number of carbonyl (C=O) groups excluding carboxylic acids is 1. The third-order valence-electron chi connectivity index (χ3n) is 3.26. The van der Waals surface area contributed by atoms with Crippen LogP contribution in [0.5, 0.6) is 5.75 Å². The summed E-state index contributed by atoms with van der Waals surface area (Å²) in [4.78, 5) is 12.0. The van der Waals surface area contributed by atoms with Crippen molar-refractivity contribution in [2.75, 3.05) is 5.32 Å². The van der Waals surface area contributed by atoms with Crippen LogP contribution in [0, 0.1) is 17.5 Å². The fourth-order valence-electron chi connectivity index (χ4n) is 2.03. The Hall–Kier alpha value is -3.22. The molecule has 1 amide bonds. The number of carbonyl (C=O) groups is 1. The smallest absolute Gasteiger partial charge is 0.291 e. The topological polar surface area (TPSA) is 51.5 Å². The standard InChI is InChI=1S/C18H12F3NO3/c19-11-1-4-13(5-2-11)24-10-14-6-8-17(25-14)18(23)22-12-3-7-15(20)16(21)9-12/h1-9H,10H2,(H,22,23). The zero-order valence-corrected chi connectivity index (χ0v) is 12.8. The van der Waals surface area contributed by atoms with Gasteiger partial charge in [-0.3, -0.25) is 4.79 Å². The van der Waals surface area contributed by atoms with Gasteiger partial charge in [-0.2, -0.15) is 0 Å². The lowest BCUT2D eigenvalue weighted by molar-refractivity contribution is 0.0992. The normalized spacial score (nSPS) is 10.5. The zero-order valence-electron chi connectivity index (χ0n) is 12.8. The summed E-state index contributed by atoms with van der Waals surface area (Å²) < 4.78 is 49.5. The van der Waals surface area contributed by atoms with Crippen molar-refractivity contribution >= 4 is 11.6 Å². The maximum atomic E-state index is 13.1. The summed E-state index contributed by atoms with van der Waals surface area (Å²) in [6, 6.07) is 11.4. The molecule has 0 saturated heterocycles. The molecular formula is C18H12F3NO3. The molecule has 7 heteroatoms. The van der Waals surface area contributed by atoms with Gasteiger partial charge in [0.25, 0.3) is 5.91 Å². The predicted molar refractivity (Wildman–Crippen MR) is 83.8 cm³/mol. The number of ether oxygens (including phenoxy) is 1. The summed E-state index contributed by atoms with van der Waals surface area (Å²) in [6.07, 6.45) is 0. The molecule has 0 aliphatic rings. The fraction of sp³-hybridized carbons (Fsp3) is 0.0556. The van der Waals surface area contributed by atoms with E-state index in [-0.39, 0.29) is 23.9 Å². The first-order chi connectivity index (χ1) is 12.0. The van der Waals surface area contributed by atoms with Crippen molar-refractivity contribution in [1.82, 2.24) is 0 Å². The zero-order chi connectivity index (χ0) is 17.8. The molecule has 128 valence electrons. The molecule has 3 rings (SSSR count). The summed E-state index contributed by atoms with van der Waals surface area (Å²) in [5.41, 5.74) is 0.101. The third kappa shape index (κ3) is 4.20. The van der Waals surface area contributed by atoms with E-state index in [1.54, 1.807) is 6.07 Å². The van der Waals surface area contributed by atoms with E-state index in [0.29, 0.717) is 11.5 Å². The summed E-state index contributed by atoms with van der Waals surface area (Å²) in [6.45, 7) is 0.0457. The van der Waals surface area contributed by atoms with Gasteiger partial charge in [-0.05, 0) is 48.5 Å². The van der Waals surface area contributed by atoms with Gasteiger partial charge < -0.3 is 14.5 Å². The first-order valence-electron chi connectivity index (χ1n) is 7.25. The van der Waals surface area contributed by atoms with Crippen molar-refractivity contribution in [2.45, 2.75) is 6.61 Å². The van der Waals surface area contributed by atoms with Crippen LogP contribution in [0.15, 0.2) is 59.0 Å². The van der Waals surface area contributed by atoms with Crippen LogP contribution in [0.2, 0.25) is 0 Å². The molecule has 1 N–H and O–H groups in total. The van der Waals surface area contributed by atoms with Gasteiger partial charge in [0.05, 0.1) is 0 Å². The highest BCUT2D eigenvalue weighted by molar-refractivity contribution is 6.02. The monoisotopic (exact) mass is 347 g/mol. The van der Waals surface area contributed by atoms with E-state index in [2.05, 4.69) is 5.32 Å². The highest BCUT2D eigenvalue weighted by Crippen LogP contribution is 2.17. The number of halogens is 3. The Balaban J connectivity index is 1.61. The molecule has 1 aromatic heterocycles. The van der Waals surface area contributed by atoms with Gasteiger partial charge in [0, 0.05) is 11.8 Å². The molecule has 0 saturated carbocycles. The molecule has 3 aromatic rings. The van der Waals surface area contributed by atoms with Crippen LogP contribution < -0.4 is 10.1 Å². The second-order valence-corrected chi connectivity index (χ2v) is 5.09. The van der Waals surface area contributed by atoms with Crippen LogP contribution in [0.25, 0.3) is 0 Å². The van der Waals surface area contributed by atoms with Crippen molar-refractivity contribution in [2.24, 2.45) is 0 Å². The Labute approximate surface area is 140 Å². The first kappa shape index (κ1) is 16.6. The highest BCUT2D eigenvalue weighted by Gasteiger charge is 2.13. The average Bonchev–Trinajstić information content (AvgIpc) is 3.07. The minimum atomic E-state index is -1.06. The number of furan rings is 1. The van der Waals surface area contributed by atoms with Crippen molar-refractivity contribution in [3.05, 3.63) is 83.6 Å². The van der Waals surface area contributed by atoms with Crippen LogP contribution in [0.1, 0.15) is 16.3 Å². The summed E-state index contributed by atoms with van der Waals surface area (Å²) >= 11 is 0. The number of amides is 1. The predicted octanol–water partition coefficient (Wildman–Crippen LogP) is 4.53. The lowest BCUT2D eigenvalue weighted by Gasteiger charge is -2.05. The van der Waals surface area contributed by atoms with Crippen LogP contribution >= 0.6 is 0 Å². The Morgan fingerprint density at radius 1 is 0.960 bits per heavy atom. The average molecular weight is 347 g/mol. The Morgan fingerprint density at radius 2 is 1.72 bits per heavy atom. The van der Waals surface area contributed by atoms with Crippen molar-refractivity contribution in [1.29, 1.82) is 0 Å². The summed E-state index contributed by atoms with van der Waals surface area (Å²) in [7, 11) is 0.